The Morgan fingerprint density at radius 3 is 2.43 bits per heavy atom. The molecule has 0 aliphatic heterocycles. The number of ether oxygens (including phenoxy) is 1. The Hall–Kier alpha value is -1.10. The average molecular weight is 202 g/mol. The quantitative estimate of drug-likeness (QED) is 0.597. The Morgan fingerprint density at radius 1 is 1.50 bits per heavy atom. The van der Waals surface area contributed by atoms with Crippen LogP contribution in [-0.4, -0.2) is 31.6 Å². The van der Waals surface area contributed by atoms with E-state index in [1.807, 2.05) is 13.8 Å². The molecule has 5 heteroatoms. The SMILES string of the molecule is CCC(C)[C@H](NC(=O)CN)C(=O)OC. The van der Waals surface area contributed by atoms with Crippen LogP contribution in [0.2, 0.25) is 0 Å². The van der Waals surface area contributed by atoms with Gasteiger partial charge in [-0.05, 0) is 5.92 Å². The monoisotopic (exact) mass is 202 g/mol. The van der Waals surface area contributed by atoms with E-state index in [0.717, 1.165) is 6.42 Å². The van der Waals surface area contributed by atoms with Crippen molar-refractivity contribution in [2.75, 3.05) is 13.7 Å². The zero-order chi connectivity index (χ0) is 11.1. The number of rotatable bonds is 5. The van der Waals surface area contributed by atoms with Crippen LogP contribution >= 0.6 is 0 Å². The van der Waals surface area contributed by atoms with E-state index in [1.54, 1.807) is 0 Å². The Morgan fingerprint density at radius 2 is 2.07 bits per heavy atom. The third-order valence-electron chi connectivity index (χ3n) is 2.17. The minimum absolute atomic E-state index is 0.0398. The van der Waals surface area contributed by atoms with Crippen molar-refractivity contribution in [1.29, 1.82) is 0 Å². The van der Waals surface area contributed by atoms with Crippen molar-refractivity contribution in [3.8, 4) is 0 Å². The first-order valence-corrected chi connectivity index (χ1v) is 4.64. The second-order valence-corrected chi connectivity index (χ2v) is 3.16. The summed E-state index contributed by atoms with van der Waals surface area (Å²) < 4.78 is 4.59. The summed E-state index contributed by atoms with van der Waals surface area (Å²) >= 11 is 0. The van der Waals surface area contributed by atoms with Crippen LogP contribution in [0, 0.1) is 5.92 Å². The Bertz CT molecular complexity index is 206. The van der Waals surface area contributed by atoms with Gasteiger partial charge in [0.1, 0.15) is 6.04 Å². The molecule has 0 rings (SSSR count). The van der Waals surface area contributed by atoms with Gasteiger partial charge in [0, 0.05) is 0 Å². The van der Waals surface area contributed by atoms with Gasteiger partial charge in [0.05, 0.1) is 13.7 Å². The molecule has 0 fully saturated rings. The lowest BCUT2D eigenvalue weighted by atomic mass is 9.99. The Balaban J connectivity index is 4.39. The number of methoxy groups -OCH3 is 1. The van der Waals surface area contributed by atoms with Gasteiger partial charge < -0.3 is 15.8 Å². The molecule has 0 aromatic rings. The van der Waals surface area contributed by atoms with Crippen LogP contribution in [0.25, 0.3) is 0 Å². The van der Waals surface area contributed by atoms with Gasteiger partial charge in [-0.15, -0.1) is 0 Å². The third-order valence-corrected chi connectivity index (χ3v) is 2.17. The predicted molar refractivity (Wildman–Crippen MR) is 52.5 cm³/mol. The van der Waals surface area contributed by atoms with Crippen LogP contribution in [0.5, 0.6) is 0 Å². The van der Waals surface area contributed by atoms with Gasteiger partial charge in [-0.1, -0.05) is 20.3 Å². The number of hydrogen-bond donors (Lipinski definition) is 2. The minimum atomic E-state index is -0.596. The number of nitrogens with one attached hydrogen (secondary N) is 1. The van der Waals surface area contributed by atoms with Crippen LogP contribution < -0.4 is 11.1 Å². The van der Waals surface area contributed by atoms with Crippen molar-refractivity contribution < 1.29 is 14.3 Å². The van der Waals surface area contributed by atoms with Gasteiger partial charge in [0.15, 0.2) is 0 Å². The molecule has 0 aromatic carbocycles. The van der Waals surface area contributed by atoms with Crippen molar-refractivity contribution in [2.24, 2.45) is 11.7 Å². The lowest BCUT2D eigenvalue weighted by molar-refractivity contribution is -0.146. The molecule has 0 saturated carbocycles. The van der Waals surface area contributed by atoms with Crippen molar-refractivity contribution >= 4 is 11.9 Å². The summed E-state index contributed by atoms with van der Waals surface area (Å²) in [5.74, 6) is -0.736. The maximum Gasteiger partial charge on any atom is 0.328 e. The summed E-state index contributed by atoms with van der Waals surface area (Å²) in [5.41, 5.74) is 5.14. The molecule has 0 heterocycles. The molecule has 0 radical (unpaired) electrons. The first-order valence-electron chi connectivity index (χ1n) is 4.64. The molecule has 0 bridgehead atoms. The zero-order valence-corrected chi connectivity index (χ0v) is 8.87. The van der Waals surface area contributed by atoms with E-state index < -0.39 is 12.0 Å². The summed E-state index contributed by atoms with van der Waals surface area (Å²) in [6, 6.07) is -0.596. The smallest absolute Gasteiger partial charge is 0.328 e. The van der Waals surface area contributed by atoms with Crippen LogP contribution in [-0.2, 0) is 14.3 Å². The summed E-state index contributed by atoms with van der Waals surface area (Å²) in [6.07, 6.45) is 0.782. The van der Waals surface area contributed by atoms with Crippen molar-refractivity contribution in [3.63, 3.8) is 0 Å². The van der Waals surface area contributed by atoms with Gasteiger partial charge in [-0.3, -0.25) is 4.79 Å². The molecular weight excluding hydrogens is 184 g/mol. The highest BCUT2D eigenvalue weighted by atomic mass is 16.5. The van der Waals surface area contributed by atoms with Gasteiger partial charge in [0.2, 0.25) is 5.91 Å². The van der Waals surface area contributed by atoms with E-state index in [1.165, 1.54) is 7.11 Å². The lowest BCUT2D eigenvalue weighted by Gasteiger charge is -2.21. The summed E-state index contributed by atoms with van der Waals surface area (Å²) in [4.78, 5) is 22.3. The van der Waals surface area contributed by atoms with Crippen LogP contribution in [0.1, 0.15) is 20.3 Å². The molecule has 0 saturated heterocycles. The Labute approximate surface area is 84.0 Å². The largest absolute Gasteiger partial charge is 0.467 e. The molecule has 1 amide bonds. The first-order chi connectivity index (χ1) is 6.56. The molecule has 5 nitrogen and oxygen atoms in total. The zero-order valence-electron chi connectivity index (χ0n) is 8.87. The highest BCUT2D eigenvalue weighted by Gasteiger charge is 2.25. The van der Waals surface area contributed by atoms with E-state index in [0.29, 0.717) is 0 Å². The topological polar surface area (TPSA) is 81.4 Å². The molecule has 1 unspecified atom stereocenters. The van der Waals surface area contributed by atoms with E-state index in [-0.39, 0.29) is 18.4 Å². The standard InChI is InChI=1S/C9H18N2O3/c1-4-6(2)8(9(13)14-3)11-7(12)5-10/h6,8H,4-5,10H2,1-3H3,(H,11,12)/t6?,8-/m0/s1. The average Bonchev–Trinajstić information content (AvgIpc) is 2.23. The van der Waals surface area contributed by atoms with Gasteiger partial charge >= 0.3 is 5.97 Å². The van der Waals surface area contributed by atoms with Gasteiger partial charge in [0.25, 0.3) is 0 Å². The third kappa shape index (κ3) is 3.74. The van der Waals surface area contributed by atoms with Crippen LogP contribution in [0.3, 0.4) is 0 Å². The molecule has 2 atom stereocenters. The highest BCUT2D eigenvalue weighted by Crippen LogP contribution is 2.08. The number of amides is 1. The van der Waals surface area contributed by atoms with E-state index in [9.17, 15) is 9.59 Å². The van der Waals surface area contributed by atoms with Crippen molar-refractivity contribution in [1.82, 2.24) is 5.32 Å². The fourth-order valence-corrected chi connectivity index (χ4v) is 1.03. The maximum absolute atomic E-state index is 11.3. The molecule has 0 aliphatic carbocycles. The number of nitrogens with two attached hydrogens (primary N) is 1. The molecule has 3 N–H and O–H groups in total. The summed E-state index contributed by atoms with van der Waals surface area (Å²) in [7, 11) is 1.30. The minimum Gasteiger partial charge on any atom is -0.467 e. The summed E-state index contributed by atoms with van der Waals surface area (Å²) in [6.45, 7) is 3.69. The van der Waals surface area contributed by atoms with Crippen molar-refractivity contribution in [2.45, 2.75) is 26.3 Å². The van der Waals surface area contributed by atoms with Crippen molar-refractivity contribution in [3.05, 3.63) is 0 Å². The molecule has 82 valence electrons. The molecular formula is C9H18N2O3. The summed E-state index contributed by atoms with van der Waals surface area (Å²) in [5, 5.41) is 2.53. The fourth-order valence-electron chi connectivity index (χ4n) is 1.03. The molecule has 0 spiro atoms. The highest BCUT2D eigenvalue weighted by molar-refractivity contribution is 5.85. The normalized spacial score (nSPS) is 14.3. The number of carbonyl (C=O) groups excluding carboxylic acids is 2. The van der Waals surface area contributed by atoms with Crippen LogP contribution in [0.15, 0.2) is 0 Å². The molecule has 0 aromatic heterocycles. The predicted octanol–water partition coefficient (Wildman–Crippen LogP) is -0.351. The first kappa shape index (κ1) is 12.9. The second-order valence-electron chi connectivity index (χ2n) is 3.16. The number of carbonyl (C=O) groups is 2. The van der Waals surface area contributed by atoms with E-state index in [2.05, 4.69) is 10.1 Å². The van der Waals surface area contributed by atoms with Crippen LogP contribution in [0.4, 0.5) is 0 Å². The maximum atomic E-state index is 11.3. The Kier molecular flexibility index (Phi) is 5.87. The lowest BCUT2D eigenvalue weighted by Crippen LogP contribution is -2.47. The molecule has 0 aliphatic rings. The van der Waals surface area contributed by atoms with E-state index >= 15 is 0 Å². The molecule has 14 heavy (non-hydrogen) atoms. The van der Waals surface area contributed by atoms with Gasteiger partial charge in [-0.2, -0.15) is 0 Å². The van der Waals surface area contributed by atoms with Gasteiger partial charge in [-0.25, -0.2) is 4.79 Å². The second kappa shape index (κ2) is 6.37. The number of esters is 1. The van der Waals surface area contributed by atoms with E-state index in [4.69, 9.17) is 5.73 Å². The number of hydrogen-bond acceptors (Lipinski definition) is 4. The fraction of sp³-hybridized carbons (Fsp3) is 0.778.